The standard InChI is InChI=1S/C14H24N2O3/c1-5-7-8-14(4)12(18)16(13(19)15-14)9-11(17)10(3)6-2/h10H,5-9H2,1-4H3,(H,15,19). The van der Waals surface area contributed by atoms with E-state index in [1.165, 1.54) is 0 Å². The summed E-state index contributed by atoms with van der Waals surface area (Å²) in [4.78, 5) is 37.1. The molecule has 0 bridgehead atoms. The van der Waals surface area contributed by atoms with Crippen LogP contribution in [0.15, 0.2) is 0 Å². The minimum absolute atomic E-state index is 0.0641. The monoisotopic (exact) mass is 268 g/mol. The summed E-state index contributed by atoms with van der Waals surface area (Å²) in [7, 11) is 0. The van der Waals surface area contributed by atoms with Gasteiger partial charge in [-0.3, -0.25) is 14.5 Å². The first-order chi connectivity index (χ1) is 8.85. The van der Waals surface area contributed by atoms with Crippen LogP contribution in [0.25, 0.3) is 0 Å². The first-order valence-electron chi connectivity index (χ1n) is 7.02. The Bertz CT molecular complexity index is 381. The quantitative estimate of drug-likeness (QED) is 0.719. The van der Waals surface area contributed by atoms with Gasteiger partial charge in [0.25, 0.3) is 5.91 Å². The summed E-state index contributed by atoms with van der Waals surface area (Å²) < 4.78 is 0. The van der Waals surface area contributed by atoms with Gasteiger partial charge in [-0.1, -0.05) is 33.6 Å². The highest BCUT2D eigenvalue weighted by atomic mass is 16.2. The molecule has 1 aliphatic heterocycles. The fourth-order valence-electron chi connectivity index (χ4n) is 2.13. The molecule has 0 saturated carbocycles. The number of urea groups is 1. The summed E-state index contributed by atoms with van der Waals surface area (Å²) in [6.07, 6.45) is 3.16. The van der Waals surface area contributed by atoms with Crippen molar-refractivity contribution in [2.75, 3.05) is 6.54 Å². The summed E-state index contributed by atoms with van der Waals surface area (Å²) >= 11 is 0. The van der Waals surface area contributed by atoms with Crippen LogP contribution in [0.3, 0.4) is 0 Å². The fraction of sp³-hybridized carbons (Fsp3) is 0.786. The van der Waals surface area contributed by atoms with Gasteiger partial charge in [-0.05, 0) is 19.8 Å². The van der Waals surface area contributed by atoms with E-state index in [-0.39, 0.29) is 24.2 Å². The number of carbonyl (C=O) groups is 3. The molecule has 0 aromatic carbocycles. The van der Waals surface area contributed by atoms with Gasteiger partial charge in [-0.15, -0.1) is 0 Å². The molecule has 108 valence electrons. The first kappa shape index (κ1) is 15.7. The average molecular weight is 268 g/mol. The molecule has 5 heteroatoms. The molecule has 0 radical (unpaired) electrons. The van der Waals surface area contributed by atoms with Gasteiger partial charge in [0.2, 0.25) is 0 Å². The van der Waals surface area contributed by atoms with Gasteiger partial charge in [0.1, 0.15) is 5.54 Å². The summed E-state index contributed by atoms with van der Waals surface area (Å²) in [6.45, 7) is 7.39. The van der Waals surface area contributed by atoms with Crippen molar-refractivity contribution >= 4 is 17.7 Å². The molecule has 1 heterocycles. The smallest absolute Gasteiger partial charge is 0.323 e. The maximum atomic E-state index is 12.3. The number of carbonyl (C=O) groups excluding carboxylic acids is 3. The Morgan fingerprint density at radius 1 is 1.37 bits per heavy atom. The first-order valence-corrected chi connectivity index (χ1v) is 7.02. The molecule has 1 fully saturated rings. The van der Waals surface area contributed by atoms with Crippen molar-refractivity contribution in [3.05, 3.63) is 0 Å². The molecule has 2 atom stereocenters. The van der Waals surface area contributed by atoms with Crippen LogP contribution >= 0.6 is 0 Å². The van der Waals surface area contributed by atoms with Crippen LogP contribution in [0.4, 0.5) is 4.79 Å². The molecule has 0 spiro atoms. The van der Waals surface area contributed by atoms with Crippen molar-refractivity contribution in [1.29, 1.82) is 0 Å². The highest BCUT2D eigenvalue weighted by Gasteiger charge is 2.47. The lowest BCUT2D eigenvalue weighted by Gasteiger charge is -2.21. The molecular weight excluding hydrogens is 244 g/mol. The number of hydrogen-bond donors (Lipinski definition) is 1. The zero-order valence-electron chi connectivity index (χ0n) is 12.3. The van der Waals surface area contributed by atoms with E-state index in [4.69, 9.17) is 0 Å². The minimum Gasteiger partial charge on any atom is -0.323 e. The largest absolute Gasteiger partial charge is 0.325 e. The molecule has 5 nitrogen and oxygen atoms in total. The number of Topliss-reactive ketones (excluding diaryl/α,β-unsaturated/α-hetero) is 1. The van der Waals surface area contributed by atoms with E-state index >= 15 is 0 Å². The maximum Gasteiger partial charge on any atom is 0.325 e. The highest BCUT2D eigenvalue weighted by Crippen LogP contribution is 2.23. The zero-order chi connectivity index (χ0) is 14.6. The number of unbranched alkanes of at least 4 members (excludes halogenated alkanes) is 1. The summed E-state index contributed by atoms with van der Waals surface area (Å²) in [5.74, 6) is -0.462. The Labute approximate surface area is 114 Å². The lowest BCUT2D eigenvalue weighted by atomic mass is 9.95. The highest BCUT2D eigenvalue weighted by molar-refractivity contribution is 6.09. The van der Waals surface area contributed by atoms with Gasteiger partial charge in [-0.25, -0.2) is 4.79 Å². The molecule has 1 rings (SSSR count). The Hall–Kier alpha value is -1.39. The third-order valence-electron chi connectivity index (χ3n) is 3.85. The predicted octanol–water partition coefficient (Wildman–Crippen LogP) is 2.10. The number of nitrogens with one attached hydrogen (secondary N) is 1. The van der Waals surface area contributed by atoms with Gasteiger partial charge in [0.15, 0.2) is 5.78 Å². The van der Waals surface area contributed by atoms with Crippen LogP contribution in [-0.4, -0.2) is 34.7 Å². The topological polar surface area (TPSA) is 66.5 Å². The zero-order valence-corrected chi connectivity index (χ0v) is 12.3. The van der Waals surface area contributed by atoms with E-state index in [0.717, 1.165) is 24.2 Å². The second kappa shape index (κ2) is 6.17. The third kappa shape index (κ3) is 3.33. The number of ketones is 1. The van der Waals surface area contributed by atoms with E-state index in [1.54, 1.807) is 6.92 Å². The van der Waals surface area contributed by atoms with Crippen LogP contribution in [0, 0.1) is 5.92 Å². The molecule has 19 heavy (non-hydrogen) atoms. The third-order valence-corrected chi connectivity index (χ3v) is 3.85. The van der Waals surface area contributed by atoms with Crippen LogP contribution in [-0.2, 0) is 9.59 Å². The van der Waals surface area contributed by atoms with Crippen molar-refractivity contribution in [3.8, 4) is 0 Å². The van der Waals surface area contributed by atoms with Crippen LogP contribution < -0.4 is 5.32 Å². The number of nitrogens with zero attached hydrogens (tertiary/aromatic N) is 1. The molecule has 1 aliphatic rings. The molecule has 3 amide bonds. The van der Waals surface area contributed by atoms with E-state index in [1.807, 2.05) is 20.8 Å². The van der Waals surface area contributed by atoms with E-state index in [0.29, 0.717) is 6.42 Å². The second-order valence-electron chi connectivity index (χ2n) is 5.53. The Morgan fingerprint density at radius 2 is 2.00 bits per heavy atom. The van der Waals surface area contributed by atoms with Gasteiger partial charge < -0.3 is 5.32 Å². The number of rotatable bonds is 7. The van der Waals surface area contributed by atoms with Gasteiger partial charge in [-0.2, -0.15) is 0 Å². The van der Waals surface area contributed by atoms with Crippen molar-refractivity contribution in [1.82, 2.24) is 10.2 Å². The predicted molar refractivity (Wildman–Crippen MR) is 72.6 cm³/mol. The molecule has 0 aliphatic carbocycles. The van der Waals surface area contributed by atoms with E-state index in [9.17, 15) is 14.4 Å². The van der Waals surface area contributed by atoms with Crippen LogP contribution in [0.5, 0.6) is 0 Å². The lowest BCUT2D eigenvalue weighted by molar-refractivity contribution is -0.135. The number of imide groups is 1. The van der Waals surface area contributed by atoms with Crippen molar-refractivity contribution in [3.63, 3.8) is 0 Å². The van der Waals surface area contributed by atoms with Gasteiger partial charge in [0.05, 0.1) is 6.54 Å². The fourth-order valence-corrected chi connectivity index (χ4v) is 2.13. The van der Waals surface area contributed by atoms with Crippen LogP contribution in [0.2, 0.25) is 0 Å². The van der Waals surface area contributed by atoms with Gasteiger partial charge in [0, 0.05) is 5.92 Å². The second-order valence-corrected chi connectivity index (χ2v) is 5.53. The Balaban J connectivity index is 2.74. The van der Waals surface area contributed by atoms with Crippen molar-refractivity contribution < 1.29 is 14.4 Å². The summed E-state index contributed by atoms with van der Waals surface area (Å²) in [5.41, 5.74) is -0.844. The SMILES string of the molecule is CCCCC1(C)NC(=O)N(CC(=O)C(C)CC)C1=O. The van der Waals surface area contributed by atoms with Crippen molar-refractivity contribution in [2.24, 2.45) is 5.92 Å². The molecule has 1 N–H and O–H groups in total. The summed E-state index contributed by atoms with van der Waals surface area (Å²) in [6, 6.07) is -0.444. The normalized spacial score (nSPS) is 24.5. The molecule has 1 saturated heterocycles. The summed E-state index contributed by atoms with van der Waals surface area (Å²) in [5, 5.41) is 2.71. The van der Waals surface area contributed by atoms with Crippen molar-refractivity contribution in [2.45, 2.75) is 58.9 Å². The maximum absolute atomic E-state index is 12.3. The lowest BCUT2D eigenvalue weighted by Crippen LogP contribution is -2.44. The Kier molecular flexibility index (Phi) is 5.09. The van der Waals surface area contributed by atoms with E-state index < -0.39 is 11.6 Å². The molecule has 0 aromatic rings. The average Bonchev–Trinajstić information content (AvgIpc) is 2.59. The molecule has 0 aromatic heterocycles. The van der Waals surface area contributed by atoms with E-state index in [2.05, 4.69) is 5.32 Å². The Morgan fingerprint density at radius 3 is 2.53 bits per heavy atom. The number of amides is 3. The minimum atomic E-state index is -0.844. The molecular formula is C14H24N2O3. The van der Waals surface area contributed by atoms with Crippen LogP contribution in [0.1, 0.15) is 53.4 Å². The number of hydrogen-bond acceptors (Lipinski definition) is 3. The molecule has 2 unspecified atom stereocenters. The van der Waals surface area contributed by atoms with Gasteiger partial charge >= 0.3 is 6.03 Å².